The third-order valence-electron chi connectivity index (χ3n) is 3.35. The molecule has 0 aromatic carbocycles. The summed E-state index contributed by atoms with van der Waals surface area (Å²) in [6.07, 6.45) is 0. The van der Waals surface area contributed by atoms with Gasteiger partial charge in [0.1, 0.15) is 0 Å². The Labute approximate surface area is 94.2 Å². The fraction of sp³-hybridized carbons (Fsp3) is 0.500. The molecule has 3 rings (SSSR count). The molecule has 1 aliphatic carbocycles. The molecule has 0 spiro atoms. The summed E-state index contributed by atoms with van der Waals surface area (Å²) in [5, 5.41) is 0. The second-order valence-electron chi connectivity index (χ2n) is 4.58. The molecular formula is C12H14N2O2. The normalized spacial score (nSPS) is 24.6. The lowest BCUT2D eigenvalue weighted by Gasteiger charge is -2.21. The Bertz CT molecular complexity index is 421. The number of rotatable bonds is 2. The van der Waals surface area contributed by atoms with E-state index in [1.807, 2.05) is 9.80 Å². The molecule has 0 radical (unpaired) electrons. The first-order valence-electron chi connectivity index (χ1n) is 5.62. The van der Waals surface area contributed by atoms with E-state index in [2.05, 4.69) is 0 Å². The van der Waals surface area contributed by atoms with Crippen molar-refractivity contribution in [3.8, 4) is 0 Å². The summed E-state index contributed by atoms with van der Waals surface area (Å²) in [5.41, 5.74) is 2.51. The molecule has 2 saturated heterocycles. The Morgan fingerprint density at radius 3 is 1.31 bits per heavy atom. The third kappa shape index (κ3) is 1.22. The van der Waals surface area contributed by atoms with Gasteiger partial charge in [0.05, 0.1) is 11.4 Å². The molecule has 4 nitrogen and oxygen atoms in total. The van der Waals surface area contributed by atoms with E-state index in [9.17, 15) is 9.59 Å². The van der Waals surface area contributed by atoms with Crippen molar-refractivity contribution in [2.24, 2.45) is 0 Å². The van der Waals surface area contributed by atoms with Crippen molar-refractivity contribution in [3.05, 3.63) is 22.5 Å². The Hall–Kier alpha value is -1.58. The number of hydrogen-bond donors (Lipinski definition) is 0. The van der Waals surface area contributed by atoms with E-state index in [-0.39, 0.29) is 11.6 Å². The van der Waals surface area contributed by atoms with Crippen LogP contribution in [0.15, 0.2) is 22.5 Å². The molecule has 0 aromatic heterocycles. The summed E-state index contributed by atoms with van der Waals surface area (Å²) in [6, 6.07) is 0. The van der Waals surface area contributed by atoms with Crippen LogP contribution in [-0.2, 0) is 9.59 Å². The van der Waals surface area contributed by atoms with Gasteiger partial charge >= 0.3 is 0 Å². The molecular weight excluding hydrogens is 204 g/mol. The van der Waals surface area contributed by atoms with Gasteiger partial charge in [-0.05, 0) is 13.8 Å². The van der Waals surface area contributed by atoms with Crippen LogP contribution in [0.4, 0.5) is 0 Å². The number of ketones is 2. The summed E-state index contributed by atoms with van der Waals surface area (Å²) >= 11 is 0. The van der Waals surface area contributed by atoms with Gasteiger partial charge in [0.15, 0.2) is 0 Å². The van der Waals surface area contributed by atoms with Crippen LogP contribution < -0.4 is 0 Å². The minimum Gasteiger partial charge on any atom is -0.364 e. The van der Waals surface area contributed by atoms with Crippen LogP contribution in [0.3, 0.4) is 0 Å². The van der Waals surface area contributed by atoms with Gasteiger partial charge in [0, 0.05) is 37.3 Å². The molecule has 2 fully saturated rings. The van der Waals surface area contributed by atoms with Crippen LogP contribution in [-0.4, -0.2) is 47.5 Å². The maximum absolute atomic E-state index is 12.2. The summed E-state index contributed by atoms with van der Waals surface area (Å²) in [4.78, 5) is 28.3. The lowest BCUT2D eigenvalue weighted by atomic mass is 9.92. The highest BCUT2D eigenvalue weighted by Crippen LogP contribution is 2.33. The van der Waals surface area contributed by atoms with Crippen LogP contribution in [0.5, 0.6) is 0 Å². The Morgan fingerprint density at radius 1 is 0.750 bits per heavy atom. The maximum atomic E-state index is 12.2. The predicted octanol–water partition coefficient (Wildman–Crippen LogP) is 0.317. The third-order valence-corrected chi connectivity index (χ3v) is 3.35. The molecule has 0 unspecified atom stereocenters. The smallest absolute Gasteiger partial charge is 0.207 e. The van der Waals surface area contributed by atoms with Gasteiger partial charge in [-0.15, -0.1) is 0 Å². The molecule has 3 aliphatic rings. The van der Waals surface area contributed by atoms with E-state index >= 15 is 0 Å². The Balaban J connectivity index is 2.06. The van der Waals surface area contributed by atoms with Crippen LogP contribution in [0.2, 0.25) is 0 Å². The second kappa shape index (κ2) is 2.97. The molecule has 16 heavy (non-hydrogen) atoms. The summed E-state index contributed by atoms with van der Waals surface area (Å²) in [5.74, 6) is 0.0769. The molecule has 0 bridgehead atoms. The van der Waals surface area contributed by atoms with E-state index in [1.165, 1.54) is 0 Å². The first-order chi connectivity index (χ1) is 7.61. The molecule has 0 N–H and O–H groups in total. The van der Waals surface area contributed by atoms with Gasteiger partial charge in [-0.1, -0.05) is 0 Å². The largest absolute Gasteiger partial charge is 0.364 e. The molecule has 0 saturated carbocycles. The van der Waals surface area contributed by atoms with Crippen LogP contribution >= 0.6 is 0 Å². The van der Waals surface area contributed by atoms with E-state index in [0.717, 1.165) is 26.2 Å². The standard InChI is InChI=1S/C12H14N2O2/c1-7-9(13-3-4-13)12(16)8(2)10(11(7)15)14-5-6-14/h3-6H2,1-2H3. The van der Waals surface area contributed by atoms with Gasteiger partial charge in [-0.2, -0.15) is 0 Å². The highest BCUT2D eigenvalue weighted by atomic mass is 16.1. The van der Waals surface area contributed by atoms with Crippen molar-refractivity contribution in [2.45, 2.75) is 13.8 Å². The lowest BCUT2D eigenvalue weighted by Crippen LogP contribution is -2.28. The lowest BCUT2D eigenvalue weighted by molar-refractivity contribution is -0.117. The number of carbonyl (C=O) groups excluding carboxylic acids is 2. The zero-order chi connectivity index (χ0) is 11.4. The topological polar surface area (TPSA) is 40.2 Å². The molecule has 2 aliphatic heterocycles. The molecule has 84 valence electrons. The van der Waals surface area contributed by atoms with Crippen LogP contribution in [0.25, 0.3) is 0 Å². The van der Waals surface area contributed by atoms with Crippen molar-refractivity contribution in [2.75, 3.05) is 26.2 Å². The minimum atomic E-state index is 0.0384. The Kier molecular flexibility index (Phi) is 1.79. The fourth-order valence-electron chi connectivity index (χ4n) is 2.22. The highest BCUT2D eigenvalue weighted by molar-refractivity contribution is 6.24. The quantitative estimate of drug-likeness (QED) is 0.494. The number of Topliss-reactive ketones (excluding diaryl/α,β-unsaturated/α-hetero) is 2. The Morgan fingerprint density at radius 2 is 1.06 bits per heavy atom. The van der Waals surface area contributed by atoms with Gasteiger partial charge in [-0.25, -0.2) is 0 Å². The molecule has 0 aromatic rings. The average Bonchev–Trinajstić information content (AvgIpc) is 3.07. The minimum absolute atomic E-state index is 0.0384. The molecule has 2 heterocycles. The van der Waals surface area contributed by atoms with Gasteiger partial charge < -0.3 is 9.80 Å². The zero-order valence-corrected chi connectivity index (χ0v) is 9.54. The molecule has 0 amide bonds. The number of carbonyl (C=O) groups is 2. The first kappa shape index (κ1) is 9.63. The molecule has 0 atom stereocenters. The van der Waals surface area contributed by atoms with Crippen LogP contribution in [0.1, 0.15) is 13.8 Å². The predicted molar refractivity (Wildman–Crippen MR) is 58.6 cm³/mol. The van der Waals surface area contributed by atoms with Gasteiger partial charge in [0.25, 0.3) is 0 Å². The summed E-state index contributed by atoms with van der Waals surface area (Å²) in [6.45, 7) is 7.14. The summed E-state index contributed by atoms with van der Waals surface area (Å²) in [7, 11) is 0. The van der Waals surface area contributed by atoms with Crippen molar-refractivity contribution >= 4 is 11.6 Å². The first-order valence-corrected chi connectivity index (χ1v) is 5.62. The van der Waals surface area contributed by atoms with E-state index in [0.29, 0.717) is 22.5 Å². The van der Waals surface area contributed by atoms with Crippen molar-refractivity contribution in [1.82, 2.24) is 9.80 Å². The zero-order valence-electron chi connectivity index (χ0n) is 9.54. The SMILES string of the molecule is CC1=C(N2CC2)C(=O)C(C)=C(N2CC2)C1=O. The number of allylic oxidation sites excluding steroid dienone is 2. The monoisotopic (exact) mass is 218 g/mol. The van der Waals surface area contributed by atoms with Crippen molar-refractivity contribution < 1.29 is 9.59 Å². The number of hydrogen-bond acceptors (Lipinski definition) is 4. The van der Waals surface area contributed by atoms with Crippen LogP contribution in [0, 0.1) is 0 Å². The maximum Gasteiger partial charge on any atom is 0.207 e. The second-order valence-corrected chi connectivity index (χ2v) is 4.58. The van der Waals surface area contributed by atoms with E-state index in [4.69, 9.17) is 0 Å². The van der Waals surface area contributed by atoms with Crippen molar-refractivity contribution in [1.29, 1.82) is 0 Å². The average molecular weight is 218 g/mol. The number of nitrogens with zero attached hydrogens (tertiary/aromatic N) is 2. The van der Waals surface area contributed by atoms with Gasteiger partial charge in [0.2, 0.25) is 11.6 Å². The molecule has 4 heteroatoms. The van der Waals surface area contributed by atoms with Crippen molar-refractivity contribution in [3.63, 3.8) is 0 Å². The highest BCUT2D eigenvalue weighted by Gasteiger charge is 2.40. The van der Waals surface area contributed by atoms with E-state index < -0.39 is 0 Å². The van der Waals surface area contributed by atoms with E-state index in [1.54, 1.807) is 13.8 Å². The fourth-order valence-corrected chi connectivity index (χ4v) is 2.22. The van der Waals surface area contributed by atoms with Gasteiger partial charge in [-0.3, -0.25) is 9.59 Å². The summed E-state index contributed by atoms with van der Waals surface area (Å²) < 4.78 is 0.